The fourth-order valence-corrected chi connectivity index (χ4v) is 3.09. The van der Waals surface area contributed by atoms with Crippen molar-refractivity contribution in [2.45, 2.75) is 59.0 Å². The van der Waals surface area contributed by atoms with Crippen LogP contribution in [0.2, 0.25) is 0 Å². The number of amides is 1. The molecule has 4 unspecified atom stereocenters. The molecule has 1 saturated heterocycles. The molecule has 1 fully saturated rings. The molecule has 0 aromatic carbocycles. The van der Waals surface area contributed by atoms with Crippen molar-refractivity contribution in [1.29, 1.82) is 0 Å². The Labute approximate surface area is 118 Å². The Bertz CT molecular complexity index is 283. The van der Waals surface area contributed by atoms with E-state index in [1.807, 2.05) is 0 Å². The Balaban J connectivity index is 2.45. The molecule has 0 spiro atoms. The molecule has 19 heavy (non-hydrogen) atoms. The Morgan fingerprint density at radius 1 is 1.42 bits per heavy atom. The maximum absolute atomic E-state index is 11.4. The highest BCUT2D eigenvalue weighted by Gasteiger charge is 2.29. The second kappa shape index (κ2) is 7.85. The number of piperidine rings is 1. The first kappa shape index (κ1) is 16.4. The average Bonchev–Trinajstić information content (AvgIpc) is 2.34. The number of primary amides is 1. The van der Waals surface area contributed by atoms with Gasteiger partial charge in [-0.15, -0.1) is 0 Å². The third-order valence-corrected chi connectivity index (χ3v) is 4.41. The number of carbonyl (C=O) groups is 1. The number of rotatable bonds is 7. The van der Waals surface area contributed by atoms with E-state index in [4.69, 9.17) is 5.73 Å². The van der Waals surface area contributed by atoms with Crippen molar-refractivity contribution in [3.05, 3.63) is 0 Å². The first-order valence-electron chi connectivity index (χ1n) is 7.72. The molecule has 112 valence electrons. The summed E-state index contributed by atoms with van der Waals surface area (Å²) in [5.74, 6) is 1.26. The zero-order valence-corrected chi connectivity index (χ0v) is 13.0. The lowest BCUT2D eigenvalue weighted by Gasteiger charge is -2.41. The largest absolute Gasteiger partial charge is 0.368 e. The summed E-state index contributed by atoms with van der Waals surface area (Å²) < 4.78 is 0. The van der Waals surface area contributed by atoms with Gasteiger partial charge in [-0.3, -0.25) is 4.79 Å². The Kier molecular flexibility index (Phi) is 6.80. The van der Waals surface area contributed by atoms with Gasteiger partial charge in [-0.1, -0.05) is 20.8 Å². The minimum atomic E-state index is -0.223. The van der Waals surface area contributed by atoms with Crippen molar-refractivity contribution in [2.24, 2.45) is 17.6 Å². The van der Waals surface area contributed by atoms with Crippen molar-refractivity contribution in [1.82, 2.24) is 10.2 Å². The summed E-state index contributed by atoms with van der Waals surface area (Å²) in [6.07, 6.45) is 3.15. The zero-order valence-electron chi connectivity index (χ0n) is 13.0. The van der Waals surface area contributed by atoms with Crippen LogP contribution in [0.1, 0.15) is 47.0 Å². The van der Waals surface area contributed by atoms with E-state index in [-0.39, 0.29) is 11.9 Å². The van der Waals surface area contributed by atoms with Crippen LogP contribution in [0.25, 0.3) is 0 Å². The lowest BCUT2D eigenvalue weighted by molar-refractivity contribution is -0.120. The fourth-order valence-electron chi connectivity index (χ4n) is 3.09. The molecule has 1 aliphatic rings. The lowest BCUT2D eigenvalue weighted by atomic mass is 9.86. The van der Waals surface area contributed by atoms with Crippen molar-refractivity contribution in [3.63, 3.8) is 0 Å². The van der Waals surface area contributed by atoms with Gasteiger partial charge in [0.1, 0.15) is 0 Å². The Morgan fingerprint density at radius 3 is 2.68 bits per heavy atom. The monoisotopic (exact) mass is 269 g/mol. The zero-order chi connectivity index (χ0) is 14.4. The minimum absolute atomic E-state index is 0.181. The highest BCUT2D eigenvalue weighted by Crippen LogP contribution is 2.26. The first-order valence-corrected chi connectivity index (χ1v) is 7.72. The van der Waals surface area contributed by atoms with E-state index in [2.05, 4.69) is 37.9 Å². The van der Waals surface area contributed by atoms with Gasteiger partial charge in [0, 0.05) is 19.1 Å². The molecule has 4 nitrogen and oxygen atoms in total. The second-order valence-electron chi connectivity index (χ2n) is 6.25. The summed E-state index contributed by atoms with van der Waals surface area (Å²) in [7, 11) is 0. The SMILES string of the molecule is CCCNC(CCN1CC(C)CC(C)C1C)C(N)=O. The summed E-state index contributed by atoms with van der Waals surface area (Å²) in [6, 6.07) is 0.426. The van der Waals surface area contributed by atoms with Crippen LogP contribution in [0.4, 0.5) is 0 Å². The molecule has 1 heterocycles. The van der Waals surface area contributed by atoms with Crippen LogP contribution in [-0.4, -0.2) is 42.5 Å². The van der Waals surface area contributed by atoms with E-state index in [0.717, 1.165) is 44.3 Å². The molecule has 4 atom stereocenters. The van der Waals surface area contributed by atoms with Crippen molar-refractivity contribution in [3.8, 4) is 0 Å². The average molecular weight is 269 g/mol. The molecule has 0 aromatic rings. The molecule has 4 heteroatoms. The van der Waals surface area contributed by atoms with E-state index in [0.29, 0.717) is 6.04 Å². The maximum Gasteiger partial charge on any atom is 0.234 e. The van der Waals surface area contributed by atoms with Crippen molar-refractivity contribution in [2.75, 3.05) is 19.6 Å². The summed E-state index contributed by atoms with van der Waals surface area (Å²) in [5.41, 5.74) is 5.46. The lowest BCUT2D eigenvalue weighted by Crippen LogP contribution is -2.49. The Morgan fingerprint density at radius 2 is 2.11 bits per heavy atom. The molecule has 0 saturated carbocycles. The predicted molar refractivity (Wildman–Crippen MR) is 79.9 cm³/mol. The molecule has 1 aliphatic heterocycles. The topological polar surface area (TPSA) is 58.4 Å². The molecule has 0 aromatic heterocycles. The van der Waals surface area contributed by atoms with Crippen LogP contribution >= 0.6 is 0 Å². The standard InChI is InChI=1S/C15H31N3O/c1-5-7-17-14(15(16)19)6-8-18-10-11(2)9-12(3)13(18)4/h11-14,17H,5-10H2,1-4H3,(H2,16,19). The molecule has 1 rings (SSSR count). The number of nitrogens with zero attached hydrogens (tertiary/aromatic N) is 1. The summed E-state index contributed by atoms with van der Waals surface area (Å²) in [4.78, 5) is 13.9. The van der Waals surface area contributed by atoms with Crippen molar-refractivity contribution < 1.29 is 4.79 Å². The normalized spacial score (nSPS) is 30.2. The van der Waals surface area contributed by atoms with Gasteiger partial charge in [0.15, 0.2) is 0 Å². The van der Waals surface area contributed by atoms with Crippen LogP contribution in [-0.2, 0) is 4.79 Å². The van der Waals surface area contributed by atoms with Gasteiger partial charge in [-0.05, 0) is 44.6 Å². The number of carbonyl (C=O) groups excluding carboxylic acids is 1. The van der Waals surface area contributed by atoms with Crippen LogP contribution in [0.15, 0.2) is 0 Å². The first-order chi connectivity index (χ1) is 8.95. The fraction of sp³-hybridized carbons (Fsp3) is 0.933. The van der Waals surface area contributed by atoms with Gasteiger partial charge in [-0.2, -0.15) is 0 Å². The molecule has 0 radical (unpaired) electrons. The minimum Gasteiger partial charge on any atom is -0.368 e. The molecule has 0 bridgehead atoms. The summed E-state index contributed by atoms with van der Waals surface area (Å²) in [6.45, 7) is 12.0. The van der Waals surface area contributed by atoms with Gasteiger partial charge >= 0.3 is 0 Å². The van der Waals surface area contributed by atoms with E-state index in [1.54, 1.807) is 0 Å². The molecule has 0 aliphatic carbocycles. The maximum atomic E-state index is 11.4. The van der Waals surface area contributed by atoms with Crippen LogP contribution in [0, 0.1) is 11.8 Å². The molecule has 3 N–H and O–H groups in total. The highest BCUT2D eigenvalue weighted by molar-refractivity contribution is 5.79. The van der Waals surface area contributed by atoms with Crippen LogP contribution < -0.4 is 11.1 Å². The summed E-state index contributed by atoms with van der Waals surface area (Å²) in [5, 5.41) is 3.24. The highest BCUT2D eigenvalue weighted by atomic mass is 16.1. The second-order valence-corrected chi connectivity index (χ2v) is 6.25. The van der Waals surface area contributed by atoms with Gasteiger partial charge < -0.3 is 16.0 Å². The van der Waals surface area contributed by atoms with E-state index < -0.39 is 0 Å². The molecule has 1 amide bonds. The van der Waals surface area contributed by atoms with Gasteiger partial charge in [-0.25, -0.2) is 0 Å². The van der Waals surface area contributed by atoms with Gasteiger partial charge in [0.05, 0.1) is 6.04 Å². The number of hydrogen-bond acceptors (Lipinski definition) is 3. The van der Waals surface area contributed by atoms with Gasteiger partial charge in [0.2, 0.25) is 5.91 Å². The molecular weight excluding hydrogens is 238 g/mol. The van der Waals surface area contributed by atoms with Crippen molar-refractivity contribution >= 4 is 5.91 Å². The third-order valence-electron chi connectivity index (χ3n) is 4.41. The summed E-state index contributed by atoms with van der Waals surface area (Å²) >= 11 is 0. The smallest absolute Gasteiger partial charge is 0.234 e. The van der Waals surface area contributed by atoms with E-state index in [1.165, 1.54) is 6.42 Å². The predicted octanol–water partition coefficient (Wildman–Crippen LogP) is 1.60. The van der Waals surface area contributed by atoms with E-state index >= 15 is 0 Å². The molecular formula is C15H31N3O. The number of nitrogens with one attached hydrogen (secondary N) is 1. The van der Waals surface area contributed by atoms with Crippen LogP contribution in [0.5, 0.6) is 0 Å². The number of likely N-dealkylation sites (tertiary alicyclic amines) is 1. The van der Waals surface area contributed by atoms with Gasteiger partial charge in [0.25, 0.3) is 0 Å². The van der Waals surface area contributed by atoms with E-state index in [9.17, 15) is 4.79 Å². The van der Waals surface area contributed by atoms with Crippen LogP contribution in [0.3, 0.4) is 0 Å². The third kappa shape index (κ3) is 5.11. The quantitative estimate of drug-likeness (QED) is 0.738. The number of nitrogens with two attached hydrogens (primary N) is 1. The Hall–Kier alpha value is -0.610. The number of hydrogen-bond donors (Lipinski definition) is 2.